The third-order valence-electron chi connectivity index (χ3n) is 3.32. The van der Waals surface area contributed by atoms with Crippen LogP contribution in [0.25, 0.3) is 0 Å². The highest BCUT2D eigenvalue weighted by atomic mass is 16.5. The van der Waals surface area contributed by atoms with Crippen LogP contribution in [0.5, 0.6) is 5.75 Å². The van der Waals surface area contributed by atoms with E-state index < -0.39 is 6.04 Å². The maximum Gasteiger partial charge on any atom is 0.154 e. The van der Waals surface area contributed by atoms with Crippen molar-refractivity contribution in [1.82, 2.24) is 0 Å². The van der Waals surface area contributed by atoms with Gasteiger partial charge in [0, 0.05) is 6.42 Å². The fraction of sp³-hybridized carbons (Fsp3) is 0.235. The highest BCUT2D eigenvalue weighted by Gasteiger charge is 2.14. The number of benzene rings is 2. The molecule has 0 spiro atoms. The van der Waals surface area contributed by atoms with Crippen LogP contribution in [0.1, 0.15) is 23.6 Å². The van der Waals surface area contributed by atoms with E-state index in [2.05, 4.69) is 0 Å². The molecule has 0 amide bonds. The smallest absolute Gasteiger partial charge is 0.154 e. The normalized spacial score (nSPS) is 11.9. The number of ketones is 1. The number of hydrogen-bond acceptors (Lipinski definition) is 3. The van der Waals surface area contributed by atoms with Gasteiger partial charge in [-0.05, 0) is 29.7 Å². The summed E-state index contributed by atoms with van der Waals surface area (Å²) in [6.45, 7) is 0. The zero-order valence-electron chi connectivity index (χ0n) is 11.6. The van der Waals surface area contributed by atoms with E-state index in [-0.39, 0.29) is 5.78 Å². The molecule has 2 aromatic rings. The van der Waals surface area contributed by atoms with E-state index in [0.29, 0.717) is 12.8 Å². The minimum Gasteiger partial charge on any atom is -0.497 e. The lowest BCUT2D eigenvalue weighted by Gasteiger charge is -2.11. The van der Waals surface area contributed by atoms with Gasteiger partial charge >= 0.3 is 0 Å². The van der Waals surface area contributed by atoms with Gasteiger partial charge in [0.15, 0.2) is 5.78 Å². The third kappa shape index (κ3) is 3.68. The molecular formula is C17H19NO2. The summed E-state index contributed by atoms with van der Waals surface area (Å²) in [6, 6.07) is 16.7. The number of hydrogen-bond donors (Lipinski definition) is 1. The molecule has 0 aromatic heterocycles. The van der Waals surface area contributed by atoms with Crippen LogP contribution < -0.4 is 10.5 Å². The van der Waals surface area contributed by atoms with Gasteiger partial charge in [-0.3, -0.25) is 4.79 Å². The van der Waals surface area contributed by atoms with Crippen molar-refractivity contribution in [1.29, 1.82) is 0 Å². The molecule has 2 N–H and O–H groups in total. The molecule has 0 fully saturated rings. The molecule has 3 nitrogen and oxygen atoms in total. The monoisotopic (exact) mass is 269 g/mol. The number of carbonyl (C=O) groups is 1. The number of rotatable bonds is 6. The van der Waals surface area contributed by atoms with E-state index in [1.807, 2.05) is 54.6 Å². The molecule has 2 rings (SSSR count). The molecule has 2 aromatic carbocycles. The van der Waals surface area contributed by atoms with Crippen molar-refractivity contribution in [3.8, 4) is 5.75 Å². The SMILES string of the molecule is COc1ccc(CCC(=O)C(N)c2ccccc2)cc1. The van der Waals surface area contributed by atoms with Gasteiger partial charge in [0.2, 0.25) is 0 Å². The standard InChI is InChI=1S/C17H19NO2/c1-20-15-10-7-13(8-11-15)9-12-16(19)17(18)14-5-3-2-4-6-14/h2-8,10-11,17H,9,12,18H2,1H3. The fourth-order valence-corrected chi connectivity index (χ4v) is 2.06. The first-order valence-corrected chi connectivity index (χ1v) is 6.67. The molecule has 104 valence electrons. The summed E-state index contributed by atoms with van der Waals surface area (Å²) in [4.78, 5) is 12.1. The van der Waals surface area contributed by atoms with Gasteiger partial charge in [0.05, 0.1) is 13.2 Å². The van der Waals surface area contributed by atoms with E-state index >= 15 is 0 Å². The van der Waals surface area contributed by atoms with E-state index in [9.17, 15) is 4.79 Å². The summed E-state index contributed by atoms with van der Waals surface area (Å²) in [7, 11) is 1.64. The maximum atomic E-state index is 12.1. The van der Waals surface area contributed by atoms with E-state index in [1.54, 1.807) is 7.11 Å². The minimum atomic E-state index is -0.533. The van der Waals surface area contributed by atoms with Crippen molar-refractivity contribution >= 4 is 5.78 Å². The number of aryl methyl sites for hydroxylation is 1. The second kappa shape index (κ2) is 6.87. The Morgan fingerprint density at radius 1 is 1.10 bits per heavy atom. The first kappa shape index (κ1) is 14.3. The second-order valence-corrected chi connectivity index (χ2v) is 4.70. The molecule has 3 heteroatoms. The molecular weight excluding hydrogens is 250 g/mol. The number of ether oxygens (including phenoxy) is 1. The number of Topliss-reactive ketones (excluding diaryl/α,β-unsaturated/α-hetero) is 1. The van der Waals surface area contributed by atoms with Crippen LogP contribution in [0.3, 0.4) is 0 Å². The number of methoxy groups -OCH3 is 1. The van der Waals surface area contributed by atoms with Gasteiger partial charge in [0.1, 0.15) is 5.75 Å². The summed E-state index contributed by atoms with van der Waals surface area (Å²) in [6.07, 6.45) is 1.14. The van der Waals surface area contributed by atoms with E-state index in [1.165, 1.54) is 0 Å². The van der Waals surface area contributed by atoms with Crippen molar-refractivity contribution in [3.63, 3.8) is 0 Å². The number of nitrogens with two attached hydrogens (primary N) is 1. The van der Waals surface area contributed by atoms with Crippen LogP contribution in [0.4, 0.5) is 0 Å². The minimum absolute atomic E-state index is 0.0621. The van der Waals surface area contributed by atoms with Crippen molar-refractivity contribution in [2.45, 2.75) is 18.9 Å². The van der Waals surface area contributed by atoms with Crippen LogP contribution >= 0.6 is 0 Å². The summed E-state index contributed by atoms with van der Waals surface area (Å²) in [5, 5.41) is 0. The molecule has 0 saturated carbocycles. The molecule has 20 heavy (non-hydrogen) atoms. The number of carbonyl (C=O) groups excluding carboxylic acids is 1. The van der Waals surface area contributed by atoms with Crippen LogP contribution in [-0.2, 0) is 11.2 Å². The van der Waals surface area contributed by atoms with Gasteiger partial charge in [-0.15, -0.1) is 0 Å². The van der Waals surface area contributed by atoms with Gasteiger partial charge in [-0.2, -0.15) is 0 Å². The second-order valence-electron chi connectivity index (χ2n) is 4.70. The van der Waals surface area contributed by atoms with Crippen molar-refractivity contribution < 1.29 is 9.53 Å². The van der Waals surface area contributed by atoms with Crippen LogP contribution in [-0.4, -0.2) is 12.9 Å². The molecule has 1 unspecified atom stereocenters. The lowest BCUT2D eigenvalue weighted by atomic mass is 9.98. The maximum absolute atomic E-state index is 12.1. The van der Waals surface area contributed by atoms with Gasteiger partial charge in [-0.1, -0.05) is 42.5 Å². The van der Waals surface area contributed by atoms with Gasteiger partial charge < -0.3 is 10.5 Å². The zero-order chi connectivity index (χ0) is 14.4. The molecule has 0 aliphatic heterocycles. The Labute approximate surface area is 119 Å². The molecule has 0 heterocycles. The van der Waals surface area contributed by atoms with Crippen LogP contribution in [0.15, 0.2) is 54.6 Å². The first-order valence-electron chi connectivity index (χ1n) is 6.67. The Bertz CT molecular complexity index is 549. The van der Waals surface area contributed by atoms with E-state index in [0.717, 1.165) is 16.9 Å². The quantitative estimate of drug-likeness (QED) is 0.877. The summed E-state index contributed by atoms with van der Waals surface area (Å²) in [5.74, 6) is 0.882. The Morgan fingerprint density at radius 2 is 1.75 bits per heavy atom. The molecule has 0 radical (unpaired) electrons. The Morgan fingerprint density at radius 3 is 2.35 bits per heavy atom. The molecule has 0 aliphatic carbocycles. The van der Waals surface area contributed by atoms with E-state index in [4.69, 9.17) is 10.5 Å². The Kier molecular flexibility index (Phi) is 4.91. The topological polar surface area (TPSA) is 52.3 Å². The van der Waals surface area contributed by atoms with Crippen molar-refractivity contribution in [3.05, 3.63) is 65.7 Å². The highest BCUT2D eigenvalue weighted by Crippen LogP contribution is 2.16. The molecule has 0 aliphatic rings. The fourth-order valence-electron chi connectivity index (χ4n) is 2.06. The van der Waals surface area contributed by atoms with Crippen molar-refractivity contribution in [2.24, 2.45) is 5.73 Å². The Hall–Kier alpha value is -2.13. The lowest BCUT2D eigenvalue weighted by molar-refractivity contribution is -0.120. The largest absolute Gasteiger partial charge is 0.497 e. The lowest BCUT2D eigenvalue weighted by Crippen LogP contribution is -2.21. The summed E-state index contributed by atoms with van der Waals surface area (Å²) < 4.78 is 5.10. The van der Waals surface area contributed by atoms with Crippen molar-refractivity contribution in [2.75, 3.05) is 7.11 Å². The van der Waals surface area contributed by atoms with Crippen LogP contribution in [0.2, 0.25) is 0 Å². The molecule has 0 bridgehead atoms. The Balaban J connectivity index is 1.91. The highest BCUT2D eigenvalue weighted by molar-refractivity contribution is 5.85. The molecule has 0 saturated heterocycles. The molecule has 1 atom stereocenters. The predicted molar refractivity (Wildman–Crippen MR) is 79.7 cm³/mol. The third-order valence-corrected chi connectivity index (χ3v) is 3.32. The average Bonchev–Trinajstić information content (AvgIpc) is 2.53. The first-order chi connectivity index (χ1) is 9.70. The summed E-state index contributed by atoms with van der Waals surface area (Å²) >= 11 is 0. The summed E-state index contributed by atoms with van der Waals surface area (Å²) in [5.41, 5.74) is 7.96. The van der Waals surface area contributed by atoms with Gasteiger partial charge in [-0.25, -0.2) is 0 Å². The zero-order valence-corrected chi connectivity index (χ0v) is 11.6. The van der Waals surface area contributed by atoms with Gasteiger partial charge in [0.25, 0.3) is 0 Å². The average molecular weight is 269 g/mol. The predicted octanol–water partition coefficient (Wildman–Crippen LogP) is 2.90. The van der Waals surface area contributed by atoms with Crippen LogP contribution in [0, 0.1) is 0 Å².